The maximum Gasteiger partial charge on any atom is 0.261 e. The Morgan fingerprint density at radius 2 is 1.78 bits per heavy atom. The first-order valence-electron chi connectivity index (χ1n) is 7.95. The SMILES string of the molecule is Cc1ccc(S(=O)(=O)Nc2ccc(F)cc2)cc1C(=O)Nc1cccnc1. The molecule has 0 spiro atoms. The van der Waals surface area contributed by atoms with Gasteiger partial charge in [-0.05, 0) is 61.0 Å². The molecule has 27 heavy (non-hydrogen) atoms. The van der Waals surface area contributed by atoms with Crippen molar-refractivity contribution < 1.29 is 17.6 Å². The van der Waals surface area contributed by atoms with Crippen molar-refractivity contribution in [2.45, 2.75) is 11.8 Å². The topological polar surface area (TPSA) is 88.2 Å². The molecule has 138 valence electrons. The number of sulfonamides is 1. The standard InChI is InChI=1S/C19H16FN3O3S/c1-13-4-9-17(27(25,26)23-15-7-5-14(20)6-8-15)11-18(13)19(24)22-16-3-2-10-21-12-16/h2-12,23H,1H3,(H,22,24). The van der Waals surface area contributed by atoms with Gasteiger partial charge in [-0.2, -0.15) is 0 Å². The van der Waals surface area contributed by atoms with Gasteiger partial charge in [0.15, 0.2) is 0 Å². The highest BCUT2D eigenvalue weighted by molar-refractivity contribution is 7.92. The van der Waals surface area contributed by atoms with Crippen molar-refractivity contribution in [3.8, 4) is 0 Å². The first-order valence-corrected chi connectivity index (χ1v) is 9.44. The third-order valence-electron chi connectivity index (χ3n) is 3.78. The summed E-state index contributed by atoms with van der Waals surface area (Å²) in [7, 11) is -3.94. The summed E-state index contributed by atoms with van der Waals surface area (Å²) in [5.41, 5.74) is 1.57. The summed E-state index contributed by atoms with van der Waals surface area (Å²) in [5, 5.41) is 2.68. The van der Waals surface area contributed by atoms with Gasteiger partial charge in [-0.25, -0.2) is 12.8 Å². The Balaban J connectivity index is 1.87. The number of hydrogen-bond acceptors (Lipinski definition) is 4. The van der Waals surface area contributed by atoms with Crippen LogP contribution in [-0.2, 0) is 10.0 Å². The predicted molar refractivity (Wildman–Crippen MR) is 101 cm³/mol. The number of nitrogens with one attached hydrogen (secondary N) is 2. The number of carbonyl (C=O) groups is 1. The molecule has 0 fully saturated rings. The van der Waals surface area contributed by atoms with Gasteiger partial charge < -0.3 is 5.32 Å². The fraction of sp³-hybridized carbons (Fsp3) is 0.0526. The molecule has 0 aliphatic carbocycles. The molecule has 0 saturated carbocycles. The molecule has 3 rings (SSSR count). The smallest absolute Gasteiger partial charge is 0.261 e. The number of nitrogens with zero attached hydrogens (tertiary/aromatic N) is 1. The number of anilines is 2. The number of pyridine rings is 1. The van der Waals surface area contributed by atoms with E-state index in [0.29, 0.717) is 11.3 Å². The maximum absolute atomic E-state index is 13.0. The van der Waals surface area contributed by atoms with Gasteiger partial charge in [-0.15, -0.1) is 0 Å². The fourth-order valence-corrected chi connectivity index (χ4v) is 3.46. The molecule has 2 N–H and O–H groups in total. The Morgan fingerprint density at radius 3 is 2.44 bits per heavy atom. The number of benzene rings is 2. The van der Waals surface area contributed by atoms with Crippen LogP contribution in [0.15, 0.2) is 71.9 Å². The number of rotatable bonds is 5. The zero-order chi connectivity index (χ0) is 19.4. The van der Waals surface area contributed by atoms with Gasteiger partial charge in [0.05, 0.1) is 16.8 Å². The lowest BCUT2D eigenvalue weighted by molar-refractivity contribution is 0.102. The molecule has 3 aromatic rings. The van der Waals surface area contributed by atoms with Crippen LogP contribution in [0.1, 0.15) is 15.9 Å². The number of amides is 1. The Morgan fingerprint density at radius 1 is 1.04 bits per heavy atom. The summed E-state index contributed by atoms with van der Waals surface area (Å²) in [6, 6.07) is 12.5. The number of aryl methyl sites for hydroxylation is 1. The lowest BCUT2D eigenvalue weighted by Crippen LogP contribution is -2.17. The summed E-state index contributed by atoms with van der Waals surface area (Å²) in [6.45, 7) is 1.71. The Hall–Kier alpha value is -3.26. The molecule has 0 unspecified atom stereocenters. The van der Waals surface area contributed by atoms with E-state index in [4.69, 9.17) is 0 Å². The highest BCUT2D eigenvalue weighted by Gasteiger charge is 2.18. The van der Waals surface area contributed by atoms with Gasteiger partial charge in [-0.1, -0.05) is 6.07 Å². The van der Waals surface area contributed by atoms with Crippen molar-refractivity contribution in [3.05, 3.63) is 83.9 Å². The van der Waals surface area contributed by atoms with Crippen LogP contribution in [0.3, 0.4) is 0 Å². The third-order valence-corrected chi connectivity index (χ3v) is 5.16. The third kappa shape index (κ3) is 4.48. The minimum atomic E-state index is -3.94. The molecular weight excluding hydrogens is 369 g/mol. The van der Waals surface area contributed by atoms with Crippen molar-refractivity contribution >= 4 is 27.3 Å². The van der Waals surface area contributed by atoms with Crippen LogP contribution >= 0.6 is 0 Å². The molecular formula is C19H16FN3O3S. The number of carbonyl (C=O) groups excluding carboxylic acids is 1. The Bertz CT molecular complexity index is 1070. The molecule has 0 saturated heterocycles. The first kappa shape index (κ1) is 18.5. The second kappa shape index (κ2) is 7.55. The summed E-state index contributed by atoms with van der Waals surface area (Å²) in [4.78, 5) is 16.4. The summed E-state index contributed by atoms with van der Waals surface area (Å²) in [6.07, 6.45) is 3.07. The van der Waals surface area contributed by atoms with E-state index in [-0.39, 0.29) is 16.1 Å². The zero-order valence-electron chi connectivity index (χ0n) is 14.3. The van der Waals surface area contributed by atoms with E-state index < -0.39 is 21.7 Å². The minimum absolute atomic E-state index is 0.0752. The fourth-order valence-electron chi connectivity index (χ4n) is 2.38. The molecule has 0 radical (unpaired) electrons. The zero-order valence-corrected chi connectivity index (χ0v) is 15.1. The van der Waals surface area contributed by atoms with E-state index >= 15 is 0 Å². The van der Waals surface area contributed by atoms with Crippen LogP contribution in [0.5, 0.6) is 0 Å². The quantitative estimate of drug-likeness (QED) is 0.703. The van der Waals surface area contributed by atoms with Crippen LogP contribution in [0.2, 0.25) is 0 Å². The number of aromatic nitrogens is 1. The average molecular weight is 385 g/mol. The second-order valence-corrected chi connectivity index (χ2v) is 7.47. The summed E-state index contributed by atoms with van der Waals surface area (Å²) < 4.78 is 40.5. The predicted octanol–water partition coefficient (Wildman–Crippen LogP) is 3.58. The molecule has 0 atom stereocenters. The van der Waals surface area contributed by atoms with Gasteiger partial charge in [-0.3, -0.25) is 14.5 Å². The molecule has 1 heterocycles. The van der Waals surface area contributed by atoms with Crippen LogP contribution < -0.4 is 10.0 Å². The molecule has 2 aromatic carbocycles. The maximum atomic E-state index is 13.0. The number of hydrogen-bond donors (Lipinski definition) is 2. The molecule has 6 nitrogen and oxygen atoms in total. The highest BCUT2D eigenvalue weighted by atomic mass is 32.2. The first-order chi connectivity index (χ1) is 12.8. The molecule has 8 heteroatoms. The Labute approximate surface area is 156 Å². The van der Waals surface area contributed by atoms with E-state index in [1.165, 1.54) is 30.5 Å². The van der Waals surface area contributed by atoms with Crippen LogP contribution in [0, 0.1) is 12.7 Å². The normalized spacial score (nSPS) is 11.0. The van der Waals surface area contributed by atoms with Crippen LogP contribution in [-0.4, -0.2) is 19.3 Å². The van der Waals surface area contributed by atoms with Crippen LogP contribution in [0.25, 0.3) is 0 Å². The molecule has 0 aliphatic heterocycles. The minimum Gasteiger partial charge on any atom is -0.321 e. The summed E-state index contributed by atoms with van der Waals surface area (Å²) >= 11 is 0. The van der Waals surface area contributed by atoms with Gasteiger partial charge in [0.25, 0.3) is 15.9 Å². The molecule has 1 amide bonds. The van der Waals surface area contributed by atoms with Crippen molar-refractivity contribution in [1.29, 1.82) is 0 Å². The molecule has 0 bridgehead atoms. The monoisotopic (exact) mass is 385 g/mol. The number of halogens is 1. The highest BCUT2D eigenvalue weighted by Crippen LogP contribution is 2.20. The van der Waals surface area contributed by atoms with Crippen molar-refractivity contribution in [1.82, 2.24) is 4.98 Å². The molecule has 0 aliphatic rings. The van der Waals surface area contributed by atoms with E-state index in [0.717, 1.165) is 12.1 Å². The van der Waals surface area contributed by atoms with Crippen molar-refractivity contribution in [2.24, 2.45) is 0 Å². The largest absolute Gasteiger partial charge is 0.321 e. The van der Waals surface area contributed by atoms with Gasteiger partial charge in [0.2, 0.25) is 0 Å². The van der Waals surface area contributed by atoms with E-state index in [1.807, 2.05) is 0 Å². The van der Waals surface area contributed by atoms with Crippen LogP contribution in [0.4, 0.5) is 15.8 Å². The van der Waals surface area contributed by atoms with Crippen molar-refractivity contribution in [2.75, 3.05) is 10.0 Å². The van der Waals surface area contributed by atoms with E-state index in [1.54, 1.807) is 31.3 Å². The molecule has 1 aromatic heterocycles. The van der Waals surface area contributed by atoms with Gasteiger partial charge >= 0.3 is 0 Å². The second-order valence-electron chi connectivity index (χ2n) is 5.78. The van der Waals surface area contributed by atoms with Gasteiger partial charge in [0, 0.05) is 17.4 Å². The lowest BCUT2D eigenvalue weighted by Gasteiger charge is -2.12. The van der Waals surface area contributed by atoms with E-state index in [9.17, 15) is 17.6 Å². The summed E-state index contributed by atoms with van der Waals surface area (Å²) in [5.74, 6) is -0.915. The van der Waals surface area contributed by atoms with Gasteiger partial charge in [0.1, 0.15) is 5.82 Å². The average Bonchev–Trinajstić information content (AvgIpc) is 2.64. The van der Waals surface area contributed by atoms with Crippen molar-refractivity contribution in [3.63, 3.8) is 0 Å². The van der Waals surface area contributed by atoms with E-state index in [2.05, 4.69) is 15.0 Å². The Kier molecular flexibility index (Phi) is 5.18. The lowest BCUT2D eigenvalue weighted by atomic mass is 10.1.